The Morgan fingerprint density at radius 3 is 2.71 bits per heavy atom. The minimum absolute atomic E-state index is 0.103. The molecule has 2 saturated heterocycles. The molecular weight excluding hydrogens is 290 g/mol. The Kier molecular flexibility index (Phi) is 3.16. The molecule has 4 nitrogen and oxygen atoms in total. The lowest BCUT2D eigenvalue weighted by molar-refractivity contribution is 0.137. The van der Waals surface area contributed by atoms with E-state index < -0.39 is 5.63 Å². The van der Waals surface area contributed by atoms with E-state index in [4.69, 9.17) is 20.8 Å². The maximum Gasteiger partial charge on any atom is 0.355 e. The van der Waals surface area contributed by atoms with Crippen molar-refractivity contribution in [3.8, 4) is 5.75 Å². The molecule has 1 N–H and O–H groups in total. The summed E-state index contributed by atoms with van der Waals surface area (Å²) >= 11 is 5.78. The first-order valence-electron chi connectivity index (χ1n) is 7.33. The number of hydrogen-bond acceptors (Lipinski definition) is 4. The average Bonchev–Trinajstić information content (AvgIpc) is 2.80. The molecule has 1 aromatic carbocycles. The minimum atomic E-state index is -0.513. The zero-order valence-electron chi connectivity index (χ0n) is 11.5. The molecular formula is C16H16ClNO3. The predicted octanol–water partition coefficient (Wildman–Crippen LogP) is 3.11. The average molecular weight is 306 g/mol. The second-order valence-electron chi connectivity index (χ2n) is 5.93. The maximum absolute atomic E-state index is 11.5. The third kappa shape index (κ3) is 2.54. The smallest absolute Gasteiger partial charge is 0.355 e. The first-order chi connectivity index (χ1) is 10.2. The zero-order valence-corrected chi connectivity index (χ0v) is 12.2. The molecule has 3 heterocycles. The lowest BCUT2D eigenvalue weighted by atomic mass is 10.0. The van der Waals surface area contributed by atoms with E-state index >= 15 is 0 Å². The molecule has 1 aromatic heterocycles. The molecule has 0 aliphatic carbocycles. The maximum atomic E-state index is 11.5. The molecule has 2 bridgehead atoms. The van der Waals surface area contributed by atoms with Crippen molar-refractivity contribution in [2.45, 2.75) is 43.9 Å². The molecule has 0 amide bonds. The Morgan fingerprint density at radius 2 is 1.95 bits per heavy atom. The number of ether oxygens (including phenoxy) is 1. The highest BCUT2D eigenvalue weighted by atomic mass is 35.5. The lowest BCUT2D eigenvalue weighted by Gasteiger charge is -2.29. The van der Waals surface area contributed by atoms with Crippen LogP contribution in [-0.2, 0) is 0 Å². The number of rotatable bonds is 2. The van der Waals surface area contributed by atoms with Crippen LogP contribution < -0.4 is 15.7 Å². The minimum Gasteiger partial charge on any atom is -0.490 e. The van der Waals surface area contributed by atoms with Crippen molar-refractivity contribution in [3.63, 3.8) is 0 Å². The molecule has 0 radical (unpaired) electrons. The number of hydrogen-bond donors (Lipinski definition) is 1. The van der Waals surface area contributed by atoms with E-state index in [2.05, 4.69) is 5.32 Å². The molecule has 5 heteroatoms. The van der Waals surface area contributed by atoms with E-state index in [9.17, 15) is 4.79 Å². The van der Waals surface area contributed by atoms with Crippen LogP contribution in [0.4, 0.5) is 0 Å². The van der Waals surface area contributed by atoms with E-state index in [0.29, 0.717) is 17.7 Å². The van der Waals surface area contributed by atoms with Crippen LogP contribution in [0.2, 0.25) is 5.02 Å². The predicted molar refractivity (Wildman–Crippen MR) is 81.1 cm³/mol. The largest absolute Gasteiger partial charge is 0.490 e. The van der Waals surface area contributed by atoms with E-state index in [1.54, 1.807) is 12.1 Å². The third-order valence-electron chi connectivity index (χ3n) is 4.40. The molecule has 2 fully saturated rings. The standard InChI is InChI=1S/C16H16ClNO3/c17-14-5-9-1-4-12(8-15(9)21-16(14)19)20-13-6-10-2-3-11(7-13)18-10/h1,4-5,8,10-11,13,18H,2-3,6-7H2/t10-,11+,13?. The third-order valence-corrected chi connectivity index (χ3v) is 4.66. The van der Waals surface area contributed by atoms with Crippen LogP contribution in [0.25, 0.3) is 11.0 Å². The van der Waals surface area contributed by atoms with Crippen molar-refractivity contribution in [3.05, 3.63) is 39.7 Å². The van der Waals surface area contributed by atoms with Gasteiger partial charge < -0.3 is 14.5 Å². The summed E-state index contributed by atoms with van der Waals surface area (Å²) in [5, 5.41) is 4.50. The molecule has 2 aromatic rings. The van der Waals surface area contributed by atoms with Gasteiger partial charge in [-0.1, -0.05) is 11.6 Å². The Labute approximate surface area is 127 Å². The molecule has 4 rings (SSSR count). The SMILES string of the molecule is O=c1oc2cc(OC3C[C@H]4CC[C@@H](C3)N4)ccc2cc1Cl. The fraction of sp³-hybridized carbons (Fsp3) is 0.438. The second-order valence-corrected chi connectivity index (χ2v) is 6.34. The molecule has 110 valence electrons. The van der Waals surface area contributed by atoms with Crippen molar-refractivity contribution >= 4 is 22.6 Å². The van der Waals surface area contributed by atoms with Crippen molar-refractivity contribution in [2.24, 2.45) is 0 Å². The summed E-state index contributed by atoms with van der Waals surface area (Å²) in [6.07, 6.45) is 4.81. The summed E-state index contributed by atoms with van der Waals surface area (Å²) in [7, 11) is 0. The molecule has 1 unspecified atom stereocenters. The topological polar surface area (TPSA) is 51.5 Å². The number of piperidine rings is 1. The van der Waals surface area contributed by atoms with Crippen molar-refractivity contribution in [1.29, 1.82) is 0 Å². The Bertz CT molecular complexity index is 730. The normalized spacial score (nSPS) is 28.0. The Balaban J connectivity index is 1.59. The van der Waals surface area contributed by atoms with Gasteiger partial charge >= 0.3 is 5.63 Å². The highest BCUT2D eigenvalue weighted by Crippen LogP contribution is 2.30. The summed E-state index contributed by atoms with van der Waals surface area (Å²) in [6, 6.07) is 8.35. The van der Waals surface area contributed by atoms with Crippen molar-refractivity contribution in [1.82, 2.24) is 5.32 Å². The van der Waals surface area contributed by atoms with Crippen LogP contribution in [0, 0.1) is 0 Å². The highest BCUT2D eigenvalue weighted by Gasteiger charge is 2.34. The summed E-state index contributed by atoms with van der Waals surface area (Å²) in [5.74, 6) is 0.749. The Morgan fingerprint density at radius 1 is 1.19 bits per heavy atom. The van der Waals surface area contributed by atoms with Gasteiger partial charge in [0.05, 0.1) is 0 Å². The van der Waals surface area contributed by atoms with Crippen LogP contribution in [-0.4, -0.2) is 18.2 Å². The first-order valence-corrected chi connectivity index (χ1v) is 7.71. The van der Waals surface area contributed by atoms with Gasteiger partial charge in [-0.05, 0) is 43.9 Å². The van der Waals surface area contributed by atoms with Crippen LogP contribution in [0.5, 0.6) is 5.75 Å². The number of nitrogens with one attached hydrogen (secondary N) is 1. The van der Waals surface area contributed by atoms with E-state index in [1.165, 1.54) is 12.8 Å². The molecule has 0 spiro atoms. The van der Waals surface area contributed by atoms with E-state index in [0.717, 1.165) is 24.0 Å². The molecule has 2 aliphatic rings. The van der Waals surface area contributed by atoms with Crippen LogP contribution in [0.3, 0.4) is 0 Å². The number of fused-ring (bicyclic) bond motifs is 3. The molecule has 21 heavy (non-hydrogen) atoms. The van der Waals surface area contributed by atoms with Crippen LogP contribution in [0.15, 0.2) is 33.5 Å². The highest BCUT2D eigenvalue weighted by molar-refractivity contribution is 6.30. The summed E-state index contributed by atoms with van der Waals surface area (Å²) < 4.78 is 11.3. The summed E-state index contributed by atoms with van der Waals surface area (Å²) in [4.78, 5) is 11.5. The van der Waals surface area contributed by atoms with Gasteiger partial charge in [0.1, 0.15) is 22.5 Å². The first kappa shape index (κ1) is 13.2. The zero-order chi connectivity index (χ0) is 14.4. The van der Waals surface area contributed by atoms with Crippen molar-refractivity contribution in [2.75, 3.05) is 0 Å². The van der Waals surface area contributed by atoms with Gasteiger partial charge in [0, 0.05) is 23.5 Å². The summed E-state index contributed by atoms with van der Waals surface area (Å²) in [6.45, 7) is 0. The Hall–Kier alpha value is -1.52. The fourth-order valence-electron chi connectivity index (χ4n) is 3.43. The summed E-state index contributed by atoms with van der Waals surface area (Å²) in [5.41, 5.74) is 0.0000314. The van der Waals surface area contributed by atoms with Gasteiger partial charge in [0.2, 0.25) is 0 Å². The van der Waals surface area contributed by atoms with Gasteiger partial charge in [-0.2, -0.15) is 0 Å². The van der Waals surface area contributed by atoms with Crippen LogP contribution in [0.1, 0.15) is 25.7 Å². The molecule has 0 saturated carbocycles. The fourth-order valence-corrected chi connectivity index (χ4v) is 3.59. The molecule has 3 atom stereocenters. The van der Waals surface area contributed by atoms with Gasteiger partial charge in [0.15, 0.2) is 0 Å². The number of benzene rings is 1. The number of halogens is 1. The van der Waals surface area contributed by atoms with Crippen molar-refractivity contribution < 1.29 is 9.15 Å². The van der Waals surface area contributed by atoms with Gasteiger partial charge in [-0.25, -0.2) is 4.79 Å². The quantitative estimate of drug-likeness (QED) is 0.866. The lowest BCUT2D eigenvalue weighted by Crippen LogP contribution is -2.42. The monoisotopic (exact) mass is 305 g/mol. The van der Waals surface area contributed by atoms with Crippen LogP contribution >= 0.6 is 11.6 Å². The van der Waals surface area contributed by atoms with E-state index in [-0.39, 0.29) is 11.1 Å². The second kappa shape index (κ2) is 5.04. The molecule has 2 aliphatic heterocycles. The van der Waals surface area contributed by atoms with Gasteiger partial charge in [0.25, 0.3) is 0 Å². The van der Waals surface area contributed by atoms with Gasteiger partial charge in [-0.15, -0.1) is 0 Å². The van der Waals surface area contributed by atoms with Gasteiger partial charge in [-0.3, -0.25) is 0 Å². The van der Waals surface area contributed by atoms with E-state index in [1.807, 2.05) is 12.1 Å².